The van der Waals surface area contributed by atoms with E-state index in [0.717, 1.165) is 69.4 Å². The number of halogens is 1. The Balaban J connectivity index is 1.05. The molecule has 0 bridgehead atoms. The van der Waals surface area contributed by atoms with Gasteiger partial charge in [-0.25, -0.2) is 4.39 Å². The number of piperidine rings is 1. The van der Waals surface area contributed by atoms with Gasteiger partial charge in [0, 0.05) is 25.6 Å². The zero-order valence-electron chi connectivity index (χ0n) is 22.6. The Hall–Kier alpha value is -2.24. The molecule has 2 saturated heterocycles. The molecule has 0 amide bonds. The number of carbonyl (C=O) groups is 1. The number of nitrogens with zero attached hydrogens (tertiary/aromatic N) is 2. The van der Waals surface area contributed by atoms with Crippen LogP contribution in [-0.2, 0) is 11.2 Å². The van der Waals surface area contributed by atoms with Gasteiger partial charge in [-0.15, -0.1) is 0 Å². The van der Waals surface area contributed by atoms with Gasteiger partial charge in [-0.05, 0) is 111 Å². The lowest BCUT2D eigenvalue weighted by atomic mass is 9.85. The summed E-state index contributed by atoms with van der Waals surface area (Å²) in [5, 5.41) is 10.0. The molecule has 2 aliphatic carbocycles. The van der Waals surface area contributed by atoms with Gasteiger partial charge in [0.05, 0.1) is 0 Å². The van der Waals surface area contributed by atoms with E-state index in [9.17, 15) is 14.3 Å². The normalized spacial score (nSPS) is 27.4. The fraction of sp³-hybridized carbons (Fsp3) is 0.606. The van der Waals surface area contributed by atoms with Gasteiger partial charge in [0.1, 0.15) is 11.9 Å². The molecule has 0 radical (unpaired) electrons. The zero-order valence-corrected chi connectivity index (χ0v) is 22.6. The summed E-state index contributed by atoms with van der Waals surface area (Å²) < 4.78 is 14.2. The van der Waals surface area contributed by atoms with E-state index in [0.29, 0.717) is 11.8 Å². The Bertz CT molecular complexity index is 1110. The van der Waals surface area contributed by atoms with Crippen LogP contribution in [0.15, 0.2) is 48.5 Å². The number of carboxylic acid groups (broad SMARTS) is 1. The molecule has 1 N–H and O–H groups in total. The van der Waals surface area contributed by atoms with Crippen molar-refractivity contribution in [2.75, 3.05) is 32.7 Å². The first-order valence-corrected chi connectivity index (χ1v) is 15.1. The fourth-order valence-corrected chi connectivity index (χ4v) is 7.71. The largest absolute Gasteiger partial charge is 0.480 e. The third kappa shape index (κ3) is 5.99. The number of aryl methyl sites for hydroxylation is 1. The maximum absolute atomic E-state index is 14.2. The highest BCUT2D eigenvalue weighted by atomic mass is 19.1. The van der Waals surface area contributed by atoms with Gasteiger partial charge < -0.3 is 10.0 Å². The summed E-state index contributed by atoms with van der Waals surface area (Å²) in [4.78, 5) is 17.0. The van der Waals surface area contributed by atoms with Crippen molar-refractivity contribution in [1.29, 1.82) is 0 Å². The van der Waals surface area contributed by atoms with E-state index < -0.39 is 12.0 Å². The van der Waals surface area contributed by atoms with Gasteiger partial charge in [0.2, 0.25) is 0 Å². The third-order valence-electron chi connectivity index (χ3n) is 10.1. The van der Waals surface area contributed by atoms with E-state index in [2.05, 4.69) is 34.1 Å². The Morgan fingerprint density at radius 3 is 2.53 bits per heavy atom. The molecule has 3 fully saturated rings. The maximum atomic E-state index is 14.2. The van der Waals surface area contributed by atoms with Gasteiger partial charge in [-0.2, -0.15) is 0 Å². The van der Waals surface area contributed by atoms with Crippen molar-refractivity contribution in [3.05, 3.63) is 71.0 Å². The van der Waals surface area contributed by atoms with Crippen LogP contribution in [0, 0.1) is 23.6 Å². The van der Waals surface area contributed by atoms with Crippen molar-refractivity contribution in [2.45, 2.75) is 75.7 Å². The van der Waals surface area contributed by atoms with Crippen molar-refractivity contribution < 1.29 is 14.3 Å². The lowest BCUT2D eigenvalue weighted by Crippen LogP contribution is -2.41. The van der Waals surface area contributed by atoms with E-state index in [-0.39, 0.29) is 11.7 Å². The summed E-state index contributed by atoms with van der Waals surface area (Å²) in [6.07, 6.45) is 10.8. The molecule has 204 valence electrons. The van der Waals surface area contributed by atoms with Crippen molar-refractivity contribution >= 4 is 5.97 Å². The highest BCUT2D eigenvalue weighted by molar-refractivity contribution is 5.73. The van der Waals surface area contributed by atoms with Crippen molar-refractivity contribution in [3.63, 3.8) is 0 Å². The highest BCUT2D eigenvalue weighted by Gasteiger charge is 2.42. The standard InChI is InChI=1S/C33H43FN2O2/c34-29-6-3-5-27(19-29)31-22-36(32(33(37)38)18-24-8-9-24)21-28(31)20-35-16-14-23(15-17-35)10-11-26-13-12-25-4-1-2-7-30(25)26/h1-7,19,23-24,26,28,31-32H,8-18,20-22H2,(H,37,38)/t26?,28-,31+,32+/m0/s1. The molecule has 1 unspecified atom stereocenters. The minimum absolute atomic E-state index is 0.187. The van der Waals surface area contributed by atoms with E-state index in [4.69, 9.17) is 0 Å². The van der Waals surface area contributed by atoms with Crippen LogP contribution in [0.25, 0.3) is 0 Å². The average molecular weight is 519 g/mol. The van der Waals surface area contributed by atoms with Gasteiger partial charge in [0.25, 0.3) is 0 Å². The second-order valence-electron chi connectivity index (χ2n) is 12.7. The summed E-state index contributed by atoms with van der Waals surface area (Å²) in [5.41, 5.74) is 4.19. The molecular weight excluding hydrogens is 475 g/mol. The monoisotopic (exact) mass is 518 g/mol. The molecular formula is C33H43FN2O2. The predicted octanol–water partition coefficient (Wildman–Crippen LogP) is 6.32. The number of carboxylic acids is 1. The SMILES string of the molecule is O=C(O)[C@@H](CC1CC1)N1C[C@H](CN2CCC(CCC3CCc4ccccc43)CC2)[C@@H](c2cccc(F)c2)C1. The number of fused-ring (bicyclic) bond motifs is 1. The molecule has 5 heteroatoms. The smallest absolute Gasteiger partial charge is 0.320 e. The van der Waals surface area contributed by atoms with Crippen LogP contribution in [0.3, 0.4) is 0 Å². The number of benzene rings is 2. The van der Waals surface area contributed by atoms with Crippen LogP contribution in [0.1, 0.15) is 79.9 Å². The molecule has 2 aliphatic heterocycles. The van der Waals surface area contributed by atoms with Gasteiger partial charge in [0.15, 0.2) is 0 Å². The number of hydrogen-bond acceptors (Lipinski definition) is 3. The minimum atomic E-state index is -0.693. The first kappa shape index (κ1) is 26.0. The van der Waals surface area contributed by atoms with E-state index in [1.165, 1.54) is 44.6 Å². The topological polar surface area (TPSA) is 43.8 Å². The van der Waals surface area contributed by atoms with Crippen LogP contribution in [0.2, 0.25) is 0 Å². The Morgan fingerprint density at radius 1 is 0.947 bits per heavy atom. The second kappa shape index (κ2) is 11.5. The van der Waals surface area contributed by atoms with Crippen LogP contribution in [0.5, 0.6) is 0 Å². The second-order valence-corrected chi connectivity index (χ2v) is 12.7. The number of rotatable bonds is 10. The van der Waals surface area contributed by atoms with Gasteiger partial charge in [-0.1, -0.05) is 49.2 Å². The summed E-state index contributed by atoms with van der Waals surface area (Å²) in [6.45, 7) is 4.75. The molecule has 1 saturated carbocycles. The number of likely N-dealkylation sites (tertiary alicyclic amines) is 2. The molecule has 4 aliphatic rings. The van der Waals surface area contributed by atoms with E-state index >= 15 is 0 Å². The molecule has 2 aromatic rings. The van der Waals surface area contributed by atoms with Crippen LogP contribution in [-0.4, -0.2) is 59.6 Å². The molecule has 0 aromatic heterocycles. The first-order valence-electron chi connectivity index (χ1n) is 15.1. The molecule has 6 rings (SSSR count). The zero-order chi connectivity index (χ0) is 26.1. The van der Waals surface area contributed by atoms with Gasteiger partial charge in [-0.3, -0.25) is 9.69 Å². The van der Waals surface area contributed by atoms with Crippen molar-refractivity contribution in [1.82, 2.24) is 9.80 Å². The predicted molar refractivity (Wildman–Crippen MR) is 149 cm³/mol. The summed E-state index contributed by atoms with van der Waals surface area (Å²) in [7, 11) is 0. The fourth-order valence-electron chi connectivity index (χ4n) is 7.71. The Labute approximate surface area is 227 Å². The first-order chi connectivity index (χ1) is 18.5. The quantitative estimate of drug-likeness (QED) is 0.400. The summed E-state index contributed by atoms with van der Waals surface area (Å²) >= 11 is 0. The number of hydrogen-bond donors (Lipinski definition) is 1. The molecule has 4 nitrogen and oxygen atoms in total. The van der Waals surface area contributed by atoms with E-state index in [1.54, 1.807) is 23.3 Å². The lowest BCUT2D eigenvalue weighted by molar-refractivity contribution is -0.143. The average Bonchev–Trinajstić information content (AvgIpc) is 3.51. The van der Waals surface area contributed by atoms with Crippen molar-refractivity contribution in [2.24, 2.45) is 17.8 Å². The van der Waals surface area contributed by atoms with Crippen LogP contribution < -0.4 is 0 Å². The van der Waals surface area contributed by atoms with Crippen LogP contribution in [0.4, 0.5) is 4.39 Å². The lowest BCUT2D eigenvalue weighted by Gasteiger charge is -2.35. The molecule has 4 atom stereocenters. The summed E-state index contributed by atoms with van der Waals surface area (Å²) in [6, 6.07) is 15.6. The van der Waals surface area contributed by atoms with Crippen LogP contribution >= 0.6 is 0 Å². The third-order valence-corrected chi connectivity index (χ3v) is 10.1. The highest BCUT2D eigenvalue weighted by Crippen LogP contribution is 2.41. The number of aliphatic carboxylic acids is 1. The molecule has 0 spiro atoms. The van der Waals surface area contributed by atoms with Crippen molar-refractivity contribution in [3.8, 4) is 0 Å². The Kier molecular flexibility index (Phi) is 7.85. The summed E-state index contributed by atoms with van der Waals surface area (Å²) in [5.74, 6) is 1.77. The van der Waals surface area contributed by atoms with Gasteiger partial charge >= 0.3 is 5.97 Å². The molecule has 2 heterocycles. The van der Waals surface area contributed by atoms with E-state index in [1.807, 2.05) is 6.07 Å². The Morgan fingerprint density at radius 2 is 1.76 bits per heavy atom. The molecule has 38 heavy (non-hydrogen) atoms. The molecule has 2 aromatic carbocycles. The minimum Gasteiger partial charge on any atom is -0.480 e. The maximum Gasteiger partial charge on any atom is 0.320 e.